The molecule has 1 aliphatic carbocycles. The minimum Gasteiger partial charge on any atom is -0.311 e. The van der Waals surface area contributed by atoms with Crippen LogP contribution in [0.25, 0.3) is 0 Å². The second-order valence-corrected chi connectivity index (χ2v) is 8.33. The highest BCUT2D eigenvalue weighted by molar-refractivity contribution is 4.88. The van der Waals surface area contributed by atoms with E-state index in [-0.39, 0.29) is 0 Å². The number of piperazine rings is 1. The van der Waals surface area contributed by atoms with Crippen LogP contribution in [0.1, 0.15) is 72.6 Å². The summed E-state index contributed by atoms with van der Waals surface area (Å²) in [5.41, 5.74) is 0. The van der Waals surface area contributed by atoms with Gasteiger partial charge in [0.1, 0.15) is 0 Å². The highest BCUT2D eigenvalue weighted by Gasteiger charge is 2.29. The van der Waals surface area contributed by atoms with Crippen molar-refractivity contribution in [3.8, 4) is 0 Å². The highest BCUT2D eigenvalue weighted by atomic mass is 15.2. The normalized spacial score (nSPS) is 28.9. The van der Waals surface area contributed by atoms with E-state index in [2.05, 4.69) is 37.9 Å². The topological polar surface area (TPSA) is 15.3 Å². The number of nitrogens with one attached hydrogen (secondary N) is 1. The van der Waals surface area contributed by atoms with Gasteiger partial charge < -0.3 is 5.32 Å². The molecule has 2 unspecified atom stereocenters. The zero-order valence-electron chi connectivity index (χ0n) is 14.9. The van der Waals surface area contributed by atoms with Crippen molar-refractivity contribution in [2.45, 2.75) is 84.7 Å². The van der Waals surface area contributed by atoms with Gasteiger partial charge in [-0.3, -0.25) is 4.90 Å². The average Bonchev–Trinajstić information content (AvgIpc) is 2.91. The maximum absolute atomic E-state index is 3.80. The molecule has 2 aliphatic rings. The van der Waals surface area contributed by atoms with Gasteiger partial charge in [-0.2, -0.15) is 0 Å². The fourth-order valence-corrected chi connectivity index (χ4v) is 4.42. The first-order chi connectivity index (χ1) is 10.1. The summed E-state index contributed by atoms with van der Waals surface area (Å²) in [6, 6.07) is 1.46. The number of nitrogens with zero attached hydrogens (tertiary/aromatic N) is 1. The van der Waals surface area contributed by atoms with Crippen molar-refractivity contribution in [1.82, 2.24) is 10.2 Å². The zero-order valence-corrected chi connectivity index (χ0v) is 14.9. The Morgan fingerprint density at radius 2 is 1.81 bits per heavy atom. The smallest absolute Gasteiger partial charge is 0.0244 e. The van der Waals surface area contributed by atoms with Crippen LogP contribution in [-0.2, 0) is 0 Å². The van der Waals surface area contributed by atoms with Gasteiger partial charge in [0.15, 0.2) is 0 Å². The molecular weight excluding hydrogens is 256 g/mol. The maximum Gasteiger partial charge on any atom is 0.0244 e. The second kappa shape index (κ2) is 8.53. The number of hydrogen-bond acceptors (Lipinski definition) is 2. The van der Waals surface area contributed by atoms with Gasteiger partial charge in [-0.15, -0.1) is 0 Å². The average molecular weight is 295 g/mol. The monoisotopic (exact) mass is 294 g/mol. The number of hydrogen-bond donors (Lipinski definition) is 1. The van der Waals surface area contributed by atoms with Crippen LogP contribution in [-0.4, -0.2) is 36.6 Å². The van der Waals surface area contributed by atoms with Crippen molar-refractivity contribution in [3.05, 3.63) is 0 Å². The van der Waals surface area contributed by atoms with Crippen LogP contribution in [0.3, 0.4) is 0 Å². The maximum atomic E-state index is 3.80. The Labute approximate surface area is 133 Å². The Balaban J connectivity index is 1.78. The summed E-state index contributed by atoms with van der Waals surface area (Å²) >= 11 is 0. The first kappa shape index (κ1) is 17.3. The van der Waals surface area contributed by atoms with Crippen LogP contribution in [0, 0.1) is 17.8 Å². The van der Waals surface area contributed by atoms with Gasteiger partial charge in [-0.05, 0) is 43.6 Å². The largest absolute Gasteiger partial charge is 0.311 e. The summed E-state index contributed by atoms with van der Waals surface area (Å²) in [5.74, 6) is 2.62. The van der Waals surface area contributed by atoms with E-state index in [4.69, 9.17) is 0 Å². The molecule has 2 fully saturated rings. The summed E-state index contributed by atoms with van der Waals surface area (Å²) in [7, 11) is 0. The summed E-state index contributed by atoms with van der Waals surface area (Å²) in [5, 5.41) is 3.80. The van der Waals surface area contributed by atoms with Crippen molar-refractivity contribution < 1.29 is 0 Å². The summed E-state index contributed by atoms with van der Waals surface area (Å²) in [6.45, 7) is 13.3. The Kier molecular flexibility index (Phi) is 7.01. The van der Waals surface area contributed by atoms with Gasteiger partial charge in [-0.25, -0.2) is 0 Å². The van der Waals surface area contributed by atoms with Crippen molar-refractivity contribution in [2.24, 2.45) is 17.8 Å². The van der Waals surface area contributed by atoms with E-state index >= 15 is 0 Å². The third-order valence-electron chi connectivity index (χ3n) is 5.60. The van der Waals surface area contributed by atoms with Crippen LogP contribution in [0.4, 0.5) is 0 Å². The molecule has 2 nitrogen and oxygen atoms in total. The zero-order chi connectivity index (χ0) is 15.2. The molecule has 1 saturated heterocycles. The predicted molar refractivity (Wildman–Crippen MR) is 92.6 cm³/mol. The lowest BCUT2D eigenvalue weighted by Crippen LogP contribution is -2.58. The van der Waals surface area contributed by atoms with E-state index in [0.29, 0.717) is 6.04 Å². The quantitative estimate of drug-likeness (QED) is 0.753. The van der Waals surface area contributed by atoms with Gasteiger partial charge in [0.25, 0.3) is 0 Å². The molecule has 124 valence electrons. The standard InChI is InChI=1S/C19H38N2/c1-15(2)12-18-14-21(19(13-20-18)16(3)4)11-7-10-17-8-5-6-9-17/h15-20H,5-14H2,1-4H3. The first-order valence-electron chi connectivity index (χ1n) is 9.53. The summed E-state index contributed by atoms with van der Waals surface area (Å²) in [6.07, 6.45) is 10.2. The predicted octanol–water partition coefficient (Wildman–Crippen LogP) is 4.30. The van der Waals surface area contributed by atoms with Crippen LogP contribution >= 0.6 is 0 Å². The molecule has 21 heavy (non-hydrogen) atoms. The molecule has 0 aromatic rings. The van der Waals surface area contributed by atoms with Gasteiger partial charge >= 0.3 is 0 Å². The molecule has 1 aliphatic heterocycles. The third-order valence-corrected chi connectivity index (χ3v) is 5.60. The molecular formula is C19H38N2. The molecule has 0 amide bonds. The fourth-order valence-electron chi connectivity index (χ4n) is 4.42. The Bertz CT molecular complexity index is 281. The van der Waals surface area contributed by atoms with Crippen LogP contribution in [0.15, 0.2) is 0 Å². The molecule has 0 aromatic carbocycles. The van der Waals surface area contributed by atoms with E-state index in [1.807, 2.05) is 0 Å². The summed E-state index contributed by atoms with van der Waals surface area (Å²) < 4.78 is 0. The lowest BCUT2D eigenvalue weighted by Gasteiger charge is -2.43. The molecule has 0 aromatic heterocycles. The van der Waals surface area contributed by atoms with E-state index in [1.165, 1.54) is 64.6 Å². The highest BCUT2D eigenvalue weighted by Crippen LogP contribution is 2.29. The van der Waals surface area contributed by atoms with E-state index < -0.39 is 0 Å². The number of rotatable bonds is 7. The minimum atomic E-state index is 0.714. The molecule has 0 radical (unpaired) electrons. The van der Waals surface area contributed by atoms with E-state index in [1.54, 1.807) is 0 Å². The van der Waals surface area contributed by atoms with Gasteiger partial charge in [0.05, 0.1) is 0 Å². The lowest BCUT2D eigenvalue weighted by molar-refractivity contribution is 0.0891. The van der Waals surface area contributed by atoms with Gasteiger partial charge in [0.2, 0.25) is 0 Å². The van der Waals surface area contributed by atoms with Crippen molar-refractivity contribution >= 4 is 0 Å². The summed E-state index contributed by atoms with van der Waals surface area (Å²) in [4.78, 5) is 2.81. The molecule has 2 atom stereocenters. The van der Waals surface area contributed by atoms with Crippen LogP contribution in [0.2, 0.25) is 0 Å². The van der Waals surface area contributed by atoms with Gasteiger partial charge in [-0.1, -0.05) is 53.4 Å². The SMILES string of the molecule is CC(C)CC1CN(CCCC2CCCC2)C(C(C)C)CN1. The molecule has 0 spiro atoms. The third kappa shape index (κ3) is 5.56. The van der Waals surface area contributed by atoms with E-state index in [9.17, 15) is 0 Å². The van der Waals surface area contributed by atoms with Crippen molar-refractivity contribution in [2.75, 3.05) is 19.6 Å². The van der Waals surface area contributed by atoms with Crippen LogP contribution < -0.4 is 5.32 Å². The molecule has 1 N–H and O–H groups in total. The van der Waals surface area contributed by atoms with Gasteiger partial charge in [0, 0.05) is 25.2 Å². The Morgan fingerprint density at radius 1 is 1.10 bits per heavy atom. The Morgan fingerprint density at radius 3 is 2.43 bits per heavy atom. The fraction of sp³-hybridized carbons (Fsp3) is 1.00. The second-order valence-electron chi connectivity index (χ2n) is 8.33. The molecule has 2 rings (SSSR count). The van der Waals surface area contributed by atoms with Crippen molar-refractivity contribution in [3.63, 3.8) is 0 Å². The molecule has 0 bridgehead atoms. The van der Waals surface area contributed by atoms with Crippen LogP contribution in [0.5, 0.6) is 0 Å². The lowest BCUT2D eigenvalue weighted by atomic mass is 9.94. The first-order valence-corrected chi connectivity index (χ1v) is 9.53. The molecule has 1 saturated carbocycles. The molecule has 1 heterocycles. The Hall–Kier alpha value is -0.0800. The molecule has 2 heteroatoms. The van der Waals surface area contributed by atoms with Crippen molar-refractivity contribution in [1.29, 1.82) is 0 Å². The minimum absolute atomic E-state index is 0.714. The van der Waals surface area contributed by atoms with E-state index in [0.717, 1.165) is 23.8 Å².